The van der Waals surface area contributed by atoms with Gasteiger partial charge in [0.2, 0.25) is 0 Å². The lowest BCUT2D eigenvalue weighted by Gasteiger charge is -2.25. The summed E-state index contributed by atoms with van der Waals surface area (Å²) in [6.07, 6.45) is 7.73. The molecule has 1 unspecified atom stereocenters. The van der Waals surface area contributed by atoms with Gasteiger partial charge in [-0.05, 0) is 54.5 Å². The van der Waals surface area contributed by atoms with Crippen molar-refractivity contribution < 1.29 is 0 Å². The first-order valence-electron chi connectivity index (χ1n) is 11.3. The van der Waals surface area contributed by atoms with E-state index in [1.54, 1.807) is 0 Å². The van der Waals surface area contributed by atoms with E-state index in [0.717, 1.165) is 12.1 Å². The summed E-state index contributed by atoms with van der Waals surface area (Å²) in [5.74, 6) is 0.276. The molecule has 2 N–H and O–H groups in total. The molecule has 1 aliphatic rings. The summed E-state index contributed by atoms with van der Waals surface area (Å²) >= 11 is 1.87. The minimum atomic E-state index is 0.276. The summed E-state index contributed by atoms with van der Waals surface area (Å²) in [6.45, 7) is 0. The topological polar surface area (TPSA) is 30.9 Å². The van der Waals surface area contributed by atoms with Crippen LogP contribution in [0.5, 0.6) is 0 Å². The average Bonchev–Trinajstić information content (AvgIpc) is 3.39. The quantitative estimate of drug-likeness (QED) is 0.268. The van der Waals surface area contributed by atoms with Crippen molar-refractivity contribution in [3.05, 3.63) is 109 Å². The molecule has 158 valence electrons. The number of nitrogens with zero attached hydrogens (tertiary/aromatic N) is 1. The van der Waals surface area contributed by atoms with Gasteiger partial charge in [-0.2, -0.15) is 0 Å². The molecular weight excluding hydrogens is 420 g/mol. The van der Waals surface area contributed by atoms with Crippen molar-refractivity contribution in [1.29, 1.82) is 0 Å². The number of nitrogens with two attached hydrogens (primary N) is 1. The first kappa shape index (κ1) is 18.7. The highest BCUT2D eigenvalue weighted by Crippen LogP contribution is 2.43. The Balaban J connectivity index is 1.47. The highest BCUT2D eigenvalue weighted by molar-refractivity contribution is 7.25. The van der Waals surface area contributed by atoms with E-state index in [9.17, 15) is 0 Å². The van der Waals surface area contributed by atoms with E-state index in [1.807, 2.05) is 17.4 Å². The largest absolute Gasteiger partial charge is 0.399 e. The predicted octanol–water partition coefficient (Wildman–Crippen LogP) is 8.33. The third-order valence-electron chi connectivity index (χ3n) is 6.89. The average molecular weight is 443 g/mol. The van der Waals surface area contributed by atoms with Gasteiger partial charge in [0, 0.05) is 48.2 Å². The Kier molecular flexibility index (Phi) is 4.02. The molecule has 0 radical (unpaired) electrons. The van der Waals surface area contributed by atoms with Crippen LogP contribution in [-0.4, -0.2) is 4.57 Å². The second-order valence-corrected chi connectivity index (χ2v) is 9.87. The molecule has 3 heteroatoms. The molecule has 0 saturated carbocycles. The normalized spacial score (nSPS) is 16.2. The van der Waals surface area contributed by atoms with Crippen molar-refractivity contribution in [3.8, 4) is 0 Å². The fraction of sp³-hybridized carbons (Fsp3) is 0.0667. The van der Waals surface area contributed by atoms with Gasteiger partial charge in [0.25, 0.3) is 0 Å². The summed E-state index contributed by atoms with van der Waals surface area (Å²) in [4.78, 5) is 0. The van der Waals surface area contributed by atoms with Crippen molar-refractivity contribution in [2.45, 2.75) is 12.3 Å². The summed E-state index contributed by atoms with van der Waals surface area (Å²) in [5, 5.41) is 5.21. The lowest BCUT2D eigenvalue weighted by molar-refractivity contribution is 0.832. The third-order valence-corrected chi connectivity index (χ3v) is 8.04. The van der Waals surface area contributed by atoms with Crippen molar-refractivity contribution in [2.24, 2.45) is 0 Å². The van der Waals surface area contributed by atoms with E-state index < -0.39 is 0 Å². The molecule has 0 saturated heterocycles. The number of fused-ring (bicyclic) bond motifs is 6. The maximum absolute atomic E-state index is 6.25. The van der Waals surface area contributed by atoms with Gasteiger partial charge in [-0.15, -0.1) is 11.3 Å². The van der Waals surface area contributed by atoms with Gasteiger partial charge in [-0.1, -0.05) is 60.7 Å². The zero-order chi connectivity index (χ0) is 21.9. The number of rotatable bonds is 2. The third kappa shape index (κ3) is 2.79. The van der Waals surface area contributed by atoms with Crippen molar-refractivity contribution in [3.63, 3.8) is 0 Å². The second kappa shape index (κ2) is 7.09. The highest BCUT2D eigenvalue weighted by atomic mass is 32.1. The minimum absolute atomic E-state index is 0.276. The van der Waals surface area contributed by atoms with Crippen LogP contribution in [0.15, 0.2) is 103 Å². The standard InChI is InChI=1S/C30H22N2S/c31-20-14-15-23-22-8-2-5-11-27(22)32(28(23)18-20)26-10-4-1-7-21(26)19-13-16-30-25(17-19)24-9-3-6-12-29(24)33-30/h1-6,8-18,21H,7,31H2. The zero-order valence-electron chi connectivity index (χ0n) is 18.0. The van der Waals surface area contributed by atoms with Crippen LogP contribution in [-0.2, 0) is 0 Å². The molecule has 1 aliphatic carbocycles. The molecule has 4 aromatic carbocycles. The molecule has 1 atom stereocenters. The van der Waals surface area contributed by atoms with Crippen molar-refractivity contribution in [1.82, 2.24) is 4.57 Å². The first-order valence-corrected chi connectivity index (χ1v) is 12.2. The molecule has 33 heavy (non-hydrogen) atoms. The fourth-order valence-corrected chi connectivity index (χ4v) is 6.47. The fourth-order valence-electron chi connectivity index (χ4n) is 5.38. The Labute approximate surface area is 195 Å². The van der Waals surface area contributed by atoms with Crippen molar-refractivity contribution >= 4 is 64.7 Å². The van der Waals surface area contributed by atoms with Crippen LogP contribution in [0.25, 0.3) is 47.7 Å². The molecule has 6 aromatic rings. The van der Waals surface area contributed by atoms with Crippen LogP contribution in [0.2, 0.25) is 0 Å². The van der Waals surface area contributed by atoms with Crippen molar-refractivity contribution in [2.75, 3.05) is 5.73 Å². The number of hydrogen-bond acceptors (Lipinski definition) is 2. The molecule has 2 aromatic heterocycles. The Bertz CT molecular complexity index is 1760. The molecule has 2 nitrogen and oxygen atoms in total. The van der Waals surface area contributed by atoms with Crippen LogP contribution in [0.4, 0.5) is 5.69 Å². The molecule has 0 aliphatic heterocycles. The van der Waals surface area contributed by atoms with Gasteiger partial charge in [0.15, 0.2) is 0 Å². The number of anilines is 1. The summed E-state index contributed by atoms with van der Waals surface area (Å²) in [5.41, 5.74) is 12.1. The number of aromatic nitrogens is 1. The van der Waals surface area contributed by atoms with Gasteiger partial charge in [-0.25, -0.2) is 0 Å². The van der Waals surface area contributed by atoms with Gasteiger partial charge in [0.05, 0.1) is 11.0 Å². The summed E-state index contributed by atoms with van der Waals surface area (Å²) in [7, 11) is 0. The molecule has 0 bridgehead atoms. The molecule has 0 amide bonds. The van der Waals surface area contributed by atoms with Gasteiger partial charge in [0.1, 0.15) is 0 Å². The Hall–Kier alpha value is -3.82. The van der Waals surface area contributed by atoms with Crippen LogP contribution in [0.1, 0.15) is 17.9 Å². The molecule has 0 spiro atoms. The maximum atomic E-state index is 6.25. The van der Waals surface area contributed by atoms with Crippen LogP contribution in [0, 0.1) is 0 Å². The Morgan fingerprint density at radius 2 is 1.52 bits per heavy atom. The SMILES string of the molecule is Nc1ccc2c3ccccc3n(C3=CC=CCC3c3ccc4sc5ccccc5c4c3)c2c1. The Morgan fingerprint density at radius 3 is 2.45 bits per heavy atom. The van der Waals surface area contributed by atoms with Gasteiger partial charge >= 0.3 is 0 Å². The predicted molar refractivity (Wildman–Crippen MR) is 144 cm³/mol. The molecule has 0 fully saturated rings. The summed E-state index contributed by atoms with van der Waals surface area (Å²) < 4.78 is 5.12. The Morgan fingerprint density at radius 1 is 0.727 bits per heavy atom. The van der Waals surface area contributed by atoms with Gasteiger partial charge in [-0.3, -0.25) is 0 Å². The van der Waals surface area contributed by atoms with E-state index in [1.165, 1.54) is 53.2 Å². The molecule has 7 rings (SSSR count). The maximum Gasteiger partial charge on any atom is 0.0558 e. The number of para-hydroxylation sites is 1. The second-order valence-electron chi connectivity index (χ2n) is 8.79. The van der Waals surface area contributed by atoms with Crippen LogP contribution >= 0.6 is 11.3 Å². The van der Waals surface area contributed by atoms with Crippen LogP contribution in [0.3, 0.4) is 0 Å². The molecular formula is C30H22N2S. The van der Waals surface area contributed by atoms with Gasteiger partial charge < -0.3 is 10.3 Å². The number of thiophene rings is 1. The number of benzene rings is 4. The first-order chi connectivity index (χ1) is 16.3. The van der Waals surface area contributed by atoms with Crippen LogP contribution < -0.4 is 5.73 Å². The number of nitrogen functional groups attached to an aromatic ring is 1. The number of allylic oxidation sites excluding steroid dienone is 4. The summed E-state index contributed by atoms with van der Waals surface area (Å²) in [6, 6.07) is 30.7. The lowest BCUT2D eigenvalue weighted by atomic mass is 9.88. The van der Waals surface area contributed by atoms with E-state index in [2.05, 4.69) is 102 Å². The van der Waals surface area contributed by atoms with E-state index in [-0.39, 0.29) is 5.92 Å². The number of hydrogen-bond donors (Lipinski definition) is 1. The smallest absolute Gasteiger partial charge is 0.0558 e. The van der Waals surface area contributed by atoms with E-state index >= 15 is 0 Å². The van der Waals surface area contributed by atoms with E-state index in [0.29, 0.717) is 0 Å². The lowest BCUT2D eigenvalue weighted by Crippen LogP contribution is -2.10. The highest BCUT2D eigenvalue weighted by Gasteiger charge is 2.23. The molecule has 2 heterocycles. The van der Waals surface area contributed by atoms with E-state index in [4.69, 9.17) is 5.73 Å². The zero-order valence-corrected chi connectivity index (χ0v) is 18.8. The minimum Gasteiger partial charge on any atom is -0.399 e. The monoisotopic (exact) mass is 442 g/mol.